The standard InChI is InChI=1S/C7H7FN2O4/c1-14-6(12)4(8)3-2-9-7(13)10-5(3)11/h2,4H,1H3,(H2,9,10,11,13). The molecule has 0 aliphatic carbocycles. The van der Waals surface area contributed by atoms with Gasteiger partial charge in [0.1, 0.15) is 0 Å². The Balaban J connectivity index is 3.14. The summed E-state index contributed by atoms with van der Waals surface area (Å²) in [6, 6.07) is 0. The van der Waals surface area contributed by atoms with Crippen molar-refractivity contribution in [3.05, 3.63) is 32.6 Å². The quantitative estimate of drug-likeness (QED) is 0.617. The van der Waals surface area contributed by atoms with E-state index in [1.807, 2.05) is 4.98 Å². The van der Waals surface area contributed by atoms with Gasteiger partial charge >= 0.3 is 11.7 Å². The maximum Gasteiger partial charge on any atom is 0.345 e. The van der Waals surface area contributed by atoms with E-state index in [0.717, 1.165) is 13.3 Å². The van der Waals surface area contributed by atoms with Crippen molar-refractivity contribution >= 4 is 5.97 Å². The van der Waals surface area contributed by atoms with Crippen molar-refractivity contribution in [2.45, 2.75) is 6.17 Å². The molecule has 0 aliphatic heterocycles. The number of rotatable bonds is 2. The van der Waals surface area contributed by atoms with Crippen LogP contribution in [0.5, 0.6) is 0 Å². The molecule has 1 heterocycles. The number of aromatic nitrogens is 2. The largest absolute Gasteiger partial charge is 0.467 e. The van der Waals surface area contributed by atoms with E-state index in [1.165, 1.54) is 0 Å². The van der Waals surface area contributed by atoms with Crippen LogP contribution in [0.1, 0.15) is 11.7 Å². The van der Waals surface area contributed by atoms with Crippen LogP contribution in [0.25, 0.3) is 0 Å². The third kappa shape index (κ3) is 1.87. The van der Waals surface area contributed by atoms with Gasteiger partial charge in [-0.15, -0.1) is 0 Å². The summed E-state index contributed by atoms with van der Waals surface area (Å²) in [5.41, 5.74) is -2.21. The third-order valence-electron chi connectivity index (χ3n) is 1.53. The number of nitrogens with one attached hydrogen (secondary N) is 2. The molecule has 0 radical (unpaired) electrons. The Kier molecular flexibility index (Phi) is 2.80. The number of halogens is 1. The van der Waals surface area contributed by atoms with E-state index in [9.17, 15) is 18.8 Å². The van der Waals surface area contributed by atoms with Gasteiger partial charge in [0.15, 0.2) is 0 Å². The lowest BCUT2D eigenvalue weighted by Gasteiger charge is -2.03. The minimum atomic E-state index is -2.19. The molecule has 0 bridgehead atoms. The first kappa shape index (κ1) is 10.2. The molecule has 0 amide bonds. The number of hydrogen-bond acceptors (Lipinski definition) is 4. The summed E-state index contributed by atoms with van der Waals surface area (Å²) in [5, 5.41) is 0. The number of hydrogen-bond donors (Lipinski definition) is 2. The van der Waals surface area contributed by atoms with Gasteiger partial charge in [-0.2, -0.15) is 0 Å². The fourth-order valence-electron chi connectivity index (χ4n) is 0.839. The van der Waals surface area contributed by atoms with Crippen molar-refractivity contribution in [1.82, 2.24) is 9.97 Å². The summed E-state index contributed by atoms with van der Waals surface area (Å²) in [4.78, 5) is 36.1. The van der Waals surface area contributed by atoms with Gasteiger partial charge in [0.2, 0.25) is 6.17 Å². The fraction of sp³-hybridized carbons (Fsp3) is 0.286. The molecule has 1 atom stereocenters. The zero-order valence-corrected chi connectivity index (χ0v) is 7.17. The van der Waals surface area contributed by atoms with E-state index in [1.54, 1.807) is 4.98 Å². The van der Waals surface area contributed by atoms with Gasteiger partial charge in [0, 0.05) is 6.20 Å². The smallest absolute Gasteiger partial charge is 0.345 e. The van der Waals surface area contributed by atoms with Crippen LogP contribution >= 0.6 is 0 Å². The van der Waals surface area contributed by atoms with Crippen molar-refractivity contribution in [2.24, 2.45) is 0 Å². The molecule has 0 aliphatic rings. The second kappa shape index (κ2) is 3.86. The third-order valence-corrected chi connectivity index (χ3v) is 1.53. The molecule has 0 saturated heterocycles. The second-order valence-electron chi connectivity index (χ2n) is 2.41. The Morgan fingerprint density at radius 2 is 2.21 bits per heavy atom. The maximum atomic E-state index is 13.1. The van der Waals surface area contributed by atoms with Gasteiger partial charge < -0.3 is 9.72 Å². The normalized spacial score (nSPS) is 12.1. The highest BCUT2D eigenvalue weighted by Gasteiger charge is 2.23. The molecule has 2 N–H and O–H groups in total. The van der Waals surface area contributed by atoms with E-state index >= 15 is 0 Å². The number of ether oxygens (including phenoxy) is 1. The van der Waals surface area contributed by atoms with Crippen LogP contribution in [-0.4, -0.2) is 23.0 Å². The number of carbonyl (C=O) groups excluding carboxylic acids is 1. The summed E-state index contributed by atoms with van der Waals surface area (Å²) in [7, 11) is 0.995. The molecule has 76 valence electrons. The van der Waals surface area contributed by atoms with E-state index in [4.69, 9.17) is 0 Å². The van der Waals surface area contributed by atoms with Crippen molar-refractivity contribution in [3.63, 3.8) is 0 Å². The maximum absolute atomic E-state index is 13.1. The van der Waals surface area contributed by atoms with Crippen molar-refractivity contribution in [2.75, 3.05) is 7.11 Å². The van der Waals surface area contributed by atoms with E-state index in [0.29, 0.717) is 0 Å². The molecule has 14 heavy (non-hydrogen) atoms. The molecule has 0 fully saturated rings. The number of aromatic amines is 2. The first-order valence-electron chi connectivity index (χ1n) is 3.60. The number of methoxy groups -OCH3 is 1. The highest BCUT2D eigenvalue weighted by atomic mass is 19.1. The summed E-state index contributed by atoms with van der Waals surface area (Å²) in [6.45, 7) is 0. The van der Waals surface area contributed by atoms with Crippen LogP contribution in [-0.2, 0) is 9.53 Å². The zero-order chi connectivity index (χ0) is 10.7. The number of alkyl halides is 1. The van der Waals surface area contributed by atoms with Gasteiger partial charge in [0.05, 0.1) is 12.7 Å². The van der Waals surface area contributed by atoms with Crippen LogP contribution < -0.4 is 11.2 Å². The summed E-state index contributed by atoms with van der Waals surface area (Å²) in [6.07, 6.45) is -1.36. The number of H-pyrrole nitrogens is 2. The molecule has 1 unspecified atom stereocenters. The average Bonchev–Trinajstić information content (AvgIpc) is 2.15. The van der Waals surface area contributed by atoms with Gasteiger partial charge in [-0.25, -0.2) is 14.0 Å². The van der Waals surface area contributed by atoms with Crippen molar-refractivity contribution in [1.29, 1.82) is 0 Å². The van der Waals surface area contributed by atoms with Crippen LogP contribution in [0, 0.1) is 0 Å². The van der Waals surface area contributed by atoms with Crippen LogP contribution in [0.4, 0.5) is 4.39 Å². The number of carbonyl (C=O) groups is 1. The Morgan fingerprint density at radius 3 is 2.71 bits per heavy atom. The highest BCUT2D eigenvalue weighted by molar-refractivity contribution is 5.75. The fourth-order valence-corrected chi connectivity index (χ4v) is 0.839. The molecule has 7 heteroatoms. The van der Waals surface area contributed by atoms with E-state index in [2.05, 4.69) is 4.74 Å². The predicted molar refractivity (Wildman–Crippen MR) is 43.5 cm³/mol. The van der Waals surface area contributed by atoms with Crippen LogP contribution in [0.2, 0.25) is 0 Å². The minimum absolute atomic E-state index is 0.489. The Hall–Kier alpha value is -1.92. The predicted octanol–water partition coefficient (Wildman–Crippen LogP) is -0.753. The van der Waals surface area contributed by atoms with Gasteiger partial charge in [-0.3, -0.25) is 9.78 Å². The topological polar surface area (TPSA) is 92.0 Å². The molecule has 0 saturated carbocycles. The van der Waals surface area contributed by atoms with E-state index in [-0.39, 0.29) is 0 Å². The first-order valence-corrected chi connectivity index (χ1v) is 3.60. The lowest BCUT2D eigenvalue weighted by Crippen LogP contribution is -2.27. The Bertz CT molecular complexity index is 449. The lowest BCUT2D eigenvalue weighted by molar-refractivity contribution is -0.146. The first-order chi connectivity index (χ1) is 6.56. The average molecular weight is 202 g/mol. The second-order valence-corrected chi connectivity index (χ2v) is 2.41. The molecular weight excluding hydrogens is 195 g/mol. The van der Waals surface area contributed by atoms with E-state index < -0.39 is 29.0 Å². The molecule has 1 rings (SSSR count). The molecule has 6 nitrogen and oxygen atoms in total. The van der Waals surface area contributed by atoms with Gasteiger partial charge in [-0.1, -0.05) is 0 Å². The summed E-state index contributed by atoms with van der Waals surface area (Å²) < 4.78 is 17.2. The highest BCUT2D eigenvalue weighted by Crippen LogP contribution is 2.12. The van der Waals surface area contributed by atoms with Crippen LogP contribution in [0.15, 0.2) is 15.8 Å². The monoisotopic (exact) mass is 202 g/mol. The Morgan fingerprint density at radius 1 is 1.57 bits per heavy atom. The lowest BCUT2D eigenvalue weighted by atomic mass is 10.2. The van der Waals surface area contributed by atoms with Crippen molar-refractivity contribution in [3.8, 4) is 0 Å². The zero-order valence-electron chi connectivity index (χ0n) is 7.17. The SMILES string of the molecule is COC(=O)C(F)c1c[nH]c(=O)[nH]c1=O. The molecule has 1 aromatic heterocycles. The van der Waals surface area contributed by atoms with Crippen molar-refractivity contribution < 1.29 is 13.9 Å². The van der Waals surface area contributed by atoms with Crippen LogP contribution in [0.3, 0.4) is 0 Å². The summed E-state index contributed by atoms with van der Waals surface area (Å²) in [5.74, 6) is -1.19. The summed E-state index contributed by atoms with van der Waals surface area (Å²) >= 11 is 0. The molecule has 0 aromatic carbocycles. The Labute approximate surface area is 76.7 Å². The minimum Gasteiger partial charge on any atom is -0.467 e. The molecular formula is C7H7FN2O4. The molecule has 0 spiro atoms. The molecule has 1 aromatic rings. The van der Waals surface area contributed by atoms with Gasteiger partial charge in [-0.05, 0) is 0 Å². The van der Waals surface area contributed by atoms with Gasteiger partial charge in [0.25, 0.3) is 5.56 Å². The number of esters is 1.